The van der Waals surface area contributed by atoms with Crippen LogP contribution in [0.4, 0.5) is 26.3 Å². The summed E-state index contributed by atoms with van der Waals surface area (Å²) in [6.07, 6.45) is -11.0. The Kier molecular flexibility index (Phi) is 6.48. The Labute approximate surface area is 182 Å². The van der Waals surface area contributed by atoms with Crippen molar-refractivity contribution in [3.05, 3.63) is 69.5 Å². The van der Waals surface area contributed by atoms with Crippen molar-refractivity contribution in [2.75, 3.05) is 0 Å². The van der Waals surface area contributed by atoms with E-state index in [-0.39, 0.29) is 18.2 Å². The van der Waals surface area contributed by atoms with E-state index in [4.69, 9.17) is 32.4 Å². The van der Waals surface area contributed by atoms with Gasteiger partial charge in [-0.1, -0.05) is 41.4 Å². The zero-order valence-electron chi connectivity index (χ0n) is 15.6. The highest BCUT2D eigenvalue weighted by atomic mass is 35.5. The van der Waals surface area contributed by atoms with Gasteiger partial charge in [0.1, 0.15) is 23.8 Å². The van der Waals surface area contributed by atoms with Crippen molar-refractivity contribution in [1.82, 2.24) is 4.98 Å². The van der Waals surface area contributed by atoms with Gasteiger partial charge in [-0.25, -0.2) is 4.98 Å². The van der Waals surface area contributed by atoms with Crippen LogP contribution >= 0.6 is 23.2 Å². The molecule has 0 unspecified atom stereocenters. The lowest BCUT2D eigenvalue weighted by Crippen LogP contribution is -2.34. The Hall–Kier alpha value is -2.39. The van der Waals surface area contributed by atoms with Gasteiger partial charge in [-0.05, 0) is 36.8 Å². The van der Waals surface area contributed by atoms with E-state index in [0.717, 1.165) is 6.07 Å². The number of nitrogens with zero attached hydrogens (tertiary/aromatic N) is 1. The minimum atomic E-state index is -5.52. The fraction of sp³-hybridized carbons (Fsp3) is 0.250. The van der Waals surface area contributed by atoms with E-state index >= 15 is 0 Å². The summed E-state index contributed by atoms with van der Waals surface area (Å²) in [5.41, 5.74) is -0.124. The predicted molar refractivity (Wildman–Crippen MR) is 102 cm³/mol. The standard InChI is InChI=1S/C20H13Cl2F6NO2/c1-10-15(29-18(31-10)12-4-2-3-5-13(12)21)9-30-16-7-6-11(8-14(16)22)17(19(23,24)25)20(26,27)28/h2-8,17H,9H2,1H3. The third kappa shape index (κ3) is 5.27. The van der Waals surface area contributed by atoms with E-state index in [2.05, 4.69) is 4.98 Å². The molecule has 2 aromatic carbocycles. The molecule has 0 aliphatic rings. The molecule has 3 nitrogen and oxygen atoms in total. The first-order valence-corrected chi connectivity index (χ1v) is 9.40. The highest BCUT2D eigenvalue weighted by Crippen LogP contribution is 2.47. The number of benzene rings is 2. The minimum absolute atomic E-state index is 0.102. The van der Waals surface area contributed by atoms with E-state index in [1.54, 1.807) is 31.2 Å². The minimum Gasteiger partial charge on any atom is -0.486 e. The Morgan fingerprint density at radius 1 is 0.968 bits per heavy atom. The topological polar surface area (TPSA) is 35.3 Å². The van der Waals surface area contributed by atoms with Crippen LogP contribution in [0, 0.1) is 6.92 Å². The summed E-state index contributed by atoms with van der Waals surface area (Å²) >= 11 is 12.0. The average molecular weight is 484 g/mol. The van der Waals surface area contributed by atoms with Gasteiger partial charge in [0, 0.05) is 0 Å². The predicted octanol–water partition coefficient (Wildman–Crippen LogP) is 7.74. The van der Waals surface area contributed by atoms with E-state index in [0.29, 0.717) is 34.2 Å². The molecule has 0 fully saturated rings. The number of oxazole rings is 1. The lowest BCUT2D eigenvalue weighted by Gasteiger charge is -2.23. The summed E-state index contributed by atoms with van der Waals surface area (Å²) in [4.78, 5) is 4.28. The molecule has 166 valence electrons. The number of halogens is 8. The molecule has 3 aromatic rings. The molecule has 0 aliphatic carbocycles. The van der Waals surface area contributed by atoms with Crippen molar-refractivity contribution in [3.63, 3.8) is 0 Å². The molecular formula is C20H13Cl2F6NO2. The molecule has 0 bridgehead atoms. The lowest BCUT2D eigenvalue weighted by molar-refractivity contribution is -0.253. The van der Waals surface area contributed by atoms with Gasteiger partial charge in [-0.3, -0.25) is 0 Å². The third-order valence-electron chi connectivity index (χ3n) is 4.31. The molecule has 0 saturated carbocycles. The molecule has 1 heterocycles. The van der Waals surface area contributed by atoms with Gasteiger partial charge < -0.3 is 9.15 Å². The number of aromatic nitrogens is 1. The third-order valence-corrected chi connectivity index (χ3v) is 4.93. The van der Waals surface area contributed by atoms with Crippen LogP contribution < -0.4 is 4.74 Å². The summed E-state index contributed by atoms with van der Waals surface area (Å²) in [5.74, 6) is -3.11. The molecule has 0 saturated heterocycles. The average Bonchev–Trinajstić information content (AvgIpc) is 2.99. The second kappa shape index (κ2) is 8.63. The smallest absolute Gasteiger partial charge is 0.404 e. The Morgan fingerprint density at radius 3 is 2.19 bits per heavy atom. The van der Waals surface area contributed by atoms with Crippen LogP contribution in [-0.4, -0.2) is 17.3 Å². The first kappa shape index (κ1) is 23.3. The fourth-order valence-corrected chi connectivity index (χ4v) is 3.30. The highest BCUT2D eigenvalue weighted by Gasteiger charge is 2.57. The second-order valence-electron chi connectivity index (χ2n) is 6.50. The van der Waals surface area contributed by atoms with Crippen molar-refractivity contribution in [1.29, 1.82) is 0 Å². The van der Waals surface area contributed by atoms with Crippen LogP contribution in [0.15, 0.2) is 46.9 Å². The van der Waals surface area contributed by atoms with Crippen LogP contribution in [0.3, 0.4) is 0 Å². The van der Waals surface area contributed by atoms with Crippen molar-refractivity contribution >= 4 is 23.2 Å². The maximum Gasteiger partial charge on any atom is 0.404 e. The molecule has 11 heteroatoms. The van der Waals surface area contributed by atoms with Crippen LogP contribution in [0.5, 0.6) is 5.75 Å². The number of hydrogen-bond donors (Lipinski definition) is 0. The van der Waals surface area contributed by atoms with Crippen LogP contribution in [0.2, 0.25) is 10.0 Å². The largest absolute Gasteiger partial charge is 0.486 e. The quantitative estimate of drug-likeness (QED) is 0.348. The van der Waals surface area contributed by atoms with Gasteiger partial charge in [-0.2, -0.15) is 26.3 Å². The Bertz CT molecular complexity index is 1060. The molecular weight excluding hydrogens is 471 g/mol. The molecule has 0 N–H and O–H groups in total. The number of hydrogen-bond acceptors (Lipinski definition) is 3. The van der Waals surface area contributed by atoms with Gasteiger partial charge in [0.15, 0.2) is 5.92 Å². The summed E-state index contributed by atoms with van der Waals surface area (Å²) in [6.45, 7) is 1.44. The number of ether oxygens (including phenoxy) is 1. The van der Waals surface area contributed by atoms with Gasteiger partial charge in [-0.15, -0.1) is 0 Å². The summed E-state index contributed by atoms with van der Waals surface area (Å²) in [6, 6.07) is 9.05. The van der Waals surface area contributed by atoms with E-state index in [1.807, 2.05) is 0 Å². The summed E-state index contributed by atoms with van der Waals surface area (Å²) < 4.78 is 88.4. The van der Waals surface area contributed by atoms with Crippen LogP contribution in [-0.2, 0) is 6.61 Å². The monoisotopic (exact) mass is 483 g/mol. The molecule has 0 spiro atoms. The number of rotatable bonds is 5. The summed E-state index contributed by atoms with van der Waals surface area (Å²) in [5, 5.41) is 0.0159. The molecule has 0 amide bonds. The summed E-state index contributed by atoms with van der Waals surface area (Å²) in [7, 11) is 0. The SMILES string of the molecule is Cc1oc(-c2ccccc2Cl)nc1COc1ccc(C(C(F)(F)F)C(F)(F)F)cc1Cl. The van der Waals surface area contributed by atoms with Crippen molar-refractivity contribution in [2.45, 2.75) is 31.8 Å². The molecule has 0 radical (unpaired) electrons. The number of alkyl halides is 6. The lowest BCUT2D eigenvalue weighted by atomic mass is 9.98. The Morgan fingerprint density at radius 2 is 1.61 bits per heavy atom. The van der Waals surface area contributed by atoms with Gasteiger partial charge in [0.05, 0.1) is 15.6 Å². The molecule has 0 aliphatic heterocycles. The number of aryl methyl sites for hydroxylation is 1. The Balaban J connectivity index is 1.80. The fourth-order valence-electron chi connectivity index (χ4n) is 2.84. The normalized spacial score (nSPS) is 12.5. The van der Waals surface area contributed by atoms with Gasteiger partial charge in [0.2, 0.25) is 5.89 Å². The maximum atomic E-state index is 12.9. The van der Waals surface area contributed by atoms with Crippen molar-refractivity contribution < 1.29 is 35.5 Å². The zero-order valence-corrected chi connectivity index (χ0v) is 17.1. The van der Waals surface area contributed by atoms with Crippen molar-refractivity contribution in [2.24, 2.45) is 0 Å². The van der Waals surface area contributed by atoms with E-state index in [9.17, 15) is 26.3 Å². The van der Waals surface area contributed by atoms with Crippen molar-refractivity contribution in [3.8, 4) is 17.2 Å². The highest BCUT2D eigenvalue weighted by molar-refractivity contribution is 6.33. The first-order chi connectivity index (χ1) is 14.4. The van der Waals surface area contributed by atoms with Gasteiger partial charge >= 0.3 is 12.4 Å². The zero-order chi connectivity index (χ0) is 23.0. The van der Waals surface area contributed by atoms with Crippen LogP contribution in [0.1, 0.15) is 22.9 Å². The second-order valence-corrected chi connectivity index (χ2v) is 7.31. The molecule has 3 rings (SSSR count). The van der Waals surface area contributed by atoms with Crippen LogP contribution in [0.25, 0.3) is 11.5 Å². The van der Waals surface area contributed by atoms with E-state index in [1.165, 1.54) is 0 Å². The molecule has 0 atom stereocenters. The maximum absolute atomic E-state index is 12.9. The van der Waals surface area contributed by atoms with E-state index < -0.39 is 28.9 Å². The first-order valence-electron chi connectivity index (χ1n) is 8.65. The van der Waals surface area contributed by atoms with Gasteiger partial charge in [0.25, 0.3) is 0 Å². The molecule has 31 heavy (non-hydrogen) atoms. The molecule has 1 aromatic heterocycles.